The minimum absolute atomic E-state index is 0.702. The smallest absolute Gasteiger partial charge is 0.118 e. The number of rotatable bonds is 9. The van der Waals surface area contributed by atoms with Crippen LogP contribution < -0.4 is 10.5 Å². The highest BCUT2D eigenvalue weighted by atomic mass is 16.5. The predicted octanol–water partition coefficient (Wildman–Crippen LogP) is 2.54. The highest BCUT2D eigenvalue weighted by Gasteiger charge is 2.07. The van der Waals surface area contributed by atoms with Crippen molar-refractivity contribution in [2.45, 2.75) is 26.7 Å². The fraction of sp³-hybridized carbons (Fsp3) is 0.625. The molecule has 0 unspecified atom stereocenters. The second-order valence-corrected chi connectivity index (χ2v) is 5.43. The van der Waals surface area contributed by atoms with Crippen molar-refractivity contribution in [1.82, 2.24) is 4.90 Å². The van der Waals surface area contributed by atoms with E-state index < -0.39 is 0 Å². The molecule has 0 saturated heterocycles. The van der Waals surface area contributed by atoms with E-state index >= 15 is 0 Å². The van der Waals surface area contributed by atoms with Gasteiger partial charge in [0.1, 0.15) is 5.75 Å². The SMILES string of the molecule is COc1ccc(CCN(CCCN)CC(C)C)cc1. The lowest BCUT2D eigenvalue weighted by Gasteiger charge is -2.24. The largest absolute Gasteiger partial charge is 0.497 e. The summed E-state index contributed by atoms with van der Waals surface area (Å²) in [5.41, 5.74) is 6.97. The molecule has 19 heavy (non-hydrogen) atoms. The third kappa shape index (κ3) is 6.60. The molecule has 0 fully saturated rings. The molecule has 0 amide bonds. The zero-order chi connectivity index (χ0) is 14.1. The van der Waals surface area contributed by atoms with Crippen LogP contribution in [0.25, 0.3) is 0 Å². The second kappa shape index (κ2) is 8.94. The molecule has 0 bridgehead atoms. The van der Waals surface area contributed by atoms with Crippen molar-refractivity contribution in [3.05, 3.63) is 29.8 Å². The molecule has 0 aliphatic carbocycles. The number of nitrogens with zero attached hydrogens (tertiary/aromatic N) is 1. The first-order chi connectivity index (χ1) is 9.15. The van der Waals surface area contributed by atoms with Crippen LogP contribution >= 0.6 is 0 Å². The van der Waals surface area contributed by atoms with Gasteiger partial charge in [-0.05, 0) is 49.5 Å². The summed E-state index contributed by atoms with van der Waals surface area (Å²) in [4.78, 5) is 2.52. The van der Waals surface area contributed by atoms with Gasteiger partial charge in [-0.25, -0.2) is 0 Å². The zero-order valence-corrected chi connectivity index (χ0v) is 12.6. The molecule has 0 saturated carbocycles. The maximum absolute atomic E-state index is 5.61. The van der Waals surface area contributed by atoms with Gasteiger partial charge in [0.25, 0.3) is 0 Å². The number of nitrogens with two attached hydrogens (primary N) is 1. The van der Waals surface area contributed by atoms with Crippen molar-refractivity contribution in [1.29, 1.82) is 0 Å². The van der Waals surface area contributed by atoms with E-state index in [1.165, 1.54) is 5.56 Å². The summed E-state index contributed by atoms with van der Waals surface area (Å²) in [6.07, 6.45) is 2.16. The van der Waals surface area contributed by atoms with Gasteiger partial charge >= 0.3 is 0 Å². The molecule has 3 heteroatoms. The van der Waals surface area contributed by atoms with Crippen LogP contribution in [-0.2, 0) is 6.42 Å². The molecule has 1 aromatic rings. The second-order valence-electron chi connectivity index (χ2n) is 5.43. The van der Waals surface area contributed by atoms with Crippen molar-refractivity contribution in [2.24, 2.45) is 11.7 Å². The number of methoxy groups -OCH3 is 1. The number of benzene rings is 1. The highest BCUT2D eigenvalue weighted by Crippen LogP contribution is 2.12. The first-order valence-corrected chi connectivity index (χ1v) is 7.21. The predicted molar refractivity (Wildman–Crippen MR) is 81.6 cm³/mol. The van der Waals surface area contributed by atoms with E-state index in [0.717, 1.165) is 44.8 Å². The zero-order valence-electron chi connectivity index (χ0n) is 12.6. The summed E-state index contributed by atoms with van der Waals surface area (Å²) in [7, 11) is 1.70. The van der Waals surface area contributed by atoms with Crippen molar-refractivity contribution in [3.8, 4) is 5.75 Å². The Balaban J connectivity index is 2.44. The van der Waals surface area contributed by atoms with Gasteiger partial charge < -0.3 is 15.4 Å². The van der Waals surface area contributed by atoms with Gasteiger partial charge in [0.2, 0.25) is 0 Å². The maximum Gasteiger partial charge on any atom is 0.118 e. The maximum atomic E-state index is 5.61. The summed E-state index contributed by atoms with van der Waals surface area (Å²) in [6, 6.07) is 8.36. The van der Waals surface area contributed by atoms with E-state index in [1.54, 1.807) is 7.11 Å². The summed E-state index contributed by atoms with van der Waals surface area (Å²) in [6.45, 7) is 8.66. The Morgan fingerprint density at radius 2 is 1.84 bits per heavy atom. The average molecular weight is 264 g/mol. The van der Waals surface area contributed by atoms with Gasteiger partial charge in [-0.1, -0.05) is 26.0 Å². The van der Waals surface area contributed by atoms with E-state index in [-0.39, 0.29) is 0 Å². The van der Waals surface area contributed by atoms with Crippen molar-refractivity contribution in [3.63, 3.8) is 0 Å². The molecular weight excluding hydrogens is 236 g/mol. The fourth-order valence-electron chi connectivity index (χ4n) is 2.21. The third-order valence-corrected chi connectivity index (χ3v) is 3.18. The van der Waals surface area contributed by atoms with Gasteiger partial charge in [0, 0.05) is 13.1 Å². The molecule has 0 aromatic heterocycles. The van der Waals surface area contributed by atoms with Gasteiger partial charge in [-0.15, -0.1) is 0 Å². The van der Waals surface area contributed by atoms with Crippen molar-refractivity contribution < 1.29 is 4.74 Å². The molecule has 0 aliphatic heterocycles. The van der Waals surface area contributed by atoms with Crippen LogP contribution in [0.15, 0.2) is 24.3 Å². The van der Waals surface area contributed by atoms with Crippen LogP contribution in [0, 0.1) is 5.92 Å². The molecule has 108 valence electrons. The lowest BCUT2D eigenvalue weighted by atomic mass is 10.1. The first-order valence-electron chi connectivity index (χ1n) is 7.21. The van der Waals surface area contributed by atoms with E-state index in [9.17, 15) is 0 Å². The van der Waals surface area contributed by atoms with Gasteiger partial charge in [-0.2, -0.15) is 0 Å². The monoisotopic (exact) mass is 264 g/mol. The molecule has 0 heterocycles. The quantitative estimate of drug-likeness (QED) is 0.745. The highest BCUT2D eigenvalue weighted by molar-refractivity contribution is 5.27. The Morgan fingerprint density at radius 3 is 2.37 bits per heavy atom. The summed E-state index contributed by atoms with van der Waals surface area (Å²) in [5, 5.41) is 0. The van der Waals surface area contributed by atoms with E-state index in [4.69, 9.17) is 10.5 Å². The summed E-state index contributed by atoms with van der Waals surface area (Å²) >= 11 is 0. The molecule has 1 rings (SSSR count). The minimum Gasteiger partial charge on any atom is -0.497 e. The van der Waals surface area contributed by atoms with E-state index in [2.05, 4.69) is 30.9 Å². The average Bonchev–Trinajstić information content (AvgIpc) is 2.42. The lowest BCUT2D eigenvalue weighted by molar-refractivity contribution is 0.245. The van der Waals surface area contributed by atoms with Crippen molar-refractivity contribution in [2.75, 3.05) is 33.3 Å². The number of hydrogen-bond acceptors (Lipinski definition) is 3. The van der Waals surface area contributed by atoms with E-state index in [0.29, 0.717) is 5.92 Å². The van der Waals surface area contributed by atoms with Gasteiger partial charge in [0.15, 0.2) is 0 Å². The number of ether oxygens (including phenoxy) is 1. The molecular formula is C16H28N2O. The summed E-state index contributed by atoms with van der Waals surface area (Å²) < 4.78 is 5.18. The van der Waals surface area contributed by atoms with Gasteiger partial charge in [-0.3, -0.25) is 0 Å². The first kappa shape index (κ1) is 16.0. The van der Waals surface area contributed by atoms with Crippen LogP contribution in [0.1, 0.15) is 25.8 Å². The Hall–Kier alpha value is -1.06. The minimum atomic E-state index is 0.702. The molecule has 0 atom stereocenters. The Kier molecular flexibility index (Phi) is 7.53. The third-order valence-electron chi connectivity index (χ3n) is 3.18. The Bertz CT molecular complexity index is 335. The molecule has 1 aromatic carbocycles. The fourth-order valence-corrected chi connectivity index (χ4v) is 2.21. The molecule has 0 radical (unpaired) electrons. The molecule has 3 nitrogen and oxygen atoms in total. The summed E-state index contributed by atoms with van der Waals surface area (Å²) in [5.74, 6) is 1.62. The standard InChI is InChI=1S/C16H28N2O/c1-14(2)13-18(11-4-10-17)12-9-15-5-7-16(19-3)8-6-15/h5-8,14H,4,9-13,17H2,1-3H3. The molecule has 0 spiro atoms. The Morgan fingerprint density at radius 1 is 1.16 bits per heavy atom. The normalized spacial score (nSPS) is 11.3. The van der Waals surface area contributed by atoms with Crippen LogP contribution in [0.2, 0.25) is 0 Å². The van der Waals surface area contributed by atoms with Crippen LogP contribution in [-0.4, -0.2) is 38.2 Å². The number of hydrogen-bond donors (Lipinski definition) is 1. The van der Waals surface area contributed by atoms with Gasteiger partial charge in [0.05, 0.1) is 7.11 Å². The lowest BCUT2D eigenvalue weighted by Crippen LogP contribution is -2.32. The van der Waals surface area contributed by atoms with Crippen LogP contribution in [0.5, 0.6) is 5.75 Å². The molecule has 2 N–H and O–H groups in total. The van der Waals surface area contributed by atoms with Crippen molar-refractivity contribution >= 4 is 0 Å². The van der Waals surface area contributed by atoms with Crippen LogP contribution in [0.4, 0.5) is 0 Å². The Labute approximate surface area is 117 Å². The van der Waals surface area contributed by atoms with Crippen LogP contribution in [0.3, 0.4) is 0 Å². The molecule has 0 aliphatic rings. The topological polar surface area (TPSA) is 38.5 Å². The van der Waals surface area contributed by atoms with E-state index in [1.807, 2.05) is 12.1 Å².